The largest absolute Gasteiger partial charge is 0.507 e. The fourth-order valence-corrected chi connectivity index (χ4v) is 4.13. The summed E-state index contributed by atoms with van der Waals surface area (Å²) >= 11 is 0. The quantitative estimate of drug-likeness (QED) is 0.923. The van der Waals surface area contributed by atoms with Crippen LogP contribution in [0.4, 0.5) is 0 Å². The Morgan fingerprint density at radius 1 is 1.12 bits per heavy atom. The third-order valence-electron chi connectivity index (χ3n) is 5.58. The van der Waals surface area contributed by atoms with E-state index in [-0.39, 0.29) is 11.7 Å². The number of phenols is 1. The maximum Gasteiger partial charge on any atom is 0.257 e. The number of ether oxygens (including phenoxy) is 1. The third kappa shape index (κ3) is 3.03. The van der Waals surface area contributed by atoms with E-state index in [0.717, 1.165) is 31.7 Å². The van der Waals surface area contributed by atoms with Gasteiger partial charge in [-0.1, -0.05) is 18.2 Å². The van der Waals surface area contributed by atoms with Gasteiger partial charge in [0.05, 0.1) is 12.7 Å². The van der Waals surface area contributed by atoms with Gasteiger partial charge < -0.3 is 14.7 Å². The standard InChI is InChI=1S/C21H24N2O3/c1-26-16-8-6-15-7-9-19(18(15)14-16)22-10-12-23(13-11-22)21(25)17-4-2-3-5-20(17)24/h2-6,8,14,19,24H,7,9-13H2,1H3. The number of hydrogen-bond donors (Lipinski definition) is 1. The summed E-state index contributed by atoms with van der Waals surface area (Å²) in [7, 11) is 1.70. The Labute approximate surface area is 153 Å². The number of amides is 1. The Morgan fingerprint density at radius 2 is 1.88 bits per heavy atom. The van der Waals surface area contributed by atoms with Crippen molar-refractivity contribution >= 4 is 5.91 Å². The summed E-state index contributed by atoms with van der Waals surface area (Å²) in [6.45, 7) is 3.06. The predicted octanol–water partition coefficient (Wildman–Crippen LogP) is 2.85. The van der Waals surface area contributed by atoms with Crippen LogP contribution >= 0.6 is 0 Å². The average Bonchev–Trinajstić information content (AvgIpc) is 3.11. The van der Waals surface area contributed by atoms with E-state index in [9.17, 15) is 9.90 Å². The summed E-state index contributed by atoms with van der Waals surface area (Å²) in [5, 5.41) is 9.93. The normalized spacial score (nSPS) is 20.0. The summed E-state index contributed by atoms with van der Waals surface area (Å²) in [5.74, 6) is 0.872. The van der Waals surface area contributed by atoms with Crippen LogP contribution in [0.15, 0.2) is 42.5 Å². The number of nitrogens with zero attached hydrogens (tertiary/aromatic N) is 2. The Balaban J connectivity index is 1.44. The van der Waals surface area contributed by atoms with Crippen molar-refractivity contribution in [2.24, 2.45) is 0 Å². The number of piperazine rings is 1. The second-order valence-electron chi connectivity index (χ2n) is 6.96. The summed E-state index contributed by atoms with van der Waals surface area (Å²) in [5.41, 5.74) is 3.16. The molecule has 0 spiro atoms. The van der Waals surface area contributed by atoms with E-state index in [2.05, 4.69) is 17.0 Å². The van der Waals surface area contributed by atoms with Crippen molar-refractivity contribution in [1.82, 2.24) is 9.80 Å². The Bertz CT molecular complexity index is 813. The zero-order valence-corrected chi connectivity index (χ0v) is 15.0. The maximum atomic E-state index is 12.7. The van der Waals surface area contributed by atoms with E-state index < -0.39 is 0 Å². The molecule has 5 nitrogen and oxygen atoms in total. The maximum absolute atomic E-state index is 12.7. The molecule has 1 heterocycles. The molecule has 2 aliphatic rings. The Morgan fingerprint density at radius 3 is 2.62 bits per heavy atom. The molecule has 26 heavy (non-hydrogen) atoms. The molecule has 0 saturated carbocycles. The minimum atomic E-state index is -0.0868. The first-order valence-corrected chi connectivity index (χ1v) is 9.15. The van der Waals surface area contributed by atoms with Crippen molar-refractivity contribution in [3.8, 4) is 11.5 Å². The number of rotatable bonds is 3. The van der Waals surface area contributed by atoms with Crippen LogP contribution in [0.2, 0.25) is 0 Å². The lowest BCUT2D eigenvalue weighted by atomic mass is 10.1. The highest BCUT2D eigenvalue weighted by molar-refractivity contribution is 5.96. The number of carbonyl (C=O) groups excluding carboxylic acids is 1. The summed E-state index contributed by atoms with van der Waals surface area (Å²) in [6.07, 6.45) is 2.22. The van der Waals surface area contributed by atoms with Crippen LogP contribution in [-0.4, -0.2) is 54.1 Å². The molecule has 1 fully saturated rings. The molecule has 1 saturated heterocycles. The highest BCUT2D eigenvalue weighted by atomic mass is 16.5. The van der Waals surface area contributed by atoms with Crippen LogP contribution in [-0.2, 0) is 6.42 Å². The molecule has 1 amide bonds. The van der Waals surface area contributed by atoms with Gasteiger partial charge >= 0.3 is 0 Å². The molecule has 1 unspecified atom stereocenters. The summed E-state index contributed by atoms with van der Waals surface area (Å²) < 4.78 is 5.39. The van der Waals surface area contributed by atoms with Gasteiger partial charge in [0.25, 0.3) is 5.91 Å². The summed E-state index contributed by atoms with van der Waals surface area (Å²) in [4.78, 5) is 17.0. The van der Waals surface area contributed by atoms with Gasteiger partial charge in [-0.3, -0.25) is 9.69 Å². The first-order chi connectivity index (χ1) is 12.7. The number of phenolic OH excluding ortho intramolecular Hbond substituents is 1. The summed E-state index contributed by atoms with van der Waals surface area (Å²) in [6, 6.07) is 13.5. The first-order valence-electron chi connectivity index (χ1n) is 9.15. The molecule has 0 bridgehead atoms. The molecule has 1 aliphatic heterocycles. The fraction of sp³-hybridized carbons (Fsp3) is 0.381. The van der Waals surface area contributed by atoms with Crippen molar-refractivity contribution in [2.45, 2.75) is 18.9 Å². The average molecular weight is 352 g/mol. The molecule has 136 valence electrons. The van der Waals surface area contributed by atoms with Gasteiger partial charge in [0.1, 0.15) is 11.5 Å². The lowest BCUT2D eigenvalue weighted by Gasteiger charge is -2.38. The number of fused-ring (bicyclic) bond motifs is 1. The number of benzene rings is 2. The van der Waals surface area contributed by atoms with Gasteiger partial charge in [0.15, 0.2) is 0 Å². The van der Waals surface area contributed by atoms with Crippen molar-refractivity contribution in [3.63, 3.8) is 0 Å². The molecule has 5 heteroatoms. The fourth-order valence-electron chi connectivity index (χ4n) is 4.13. The highest BCUT2D eigenvalue weighted by Gasteiger charge is 2.32. The van der Waals surface area contributed by atoms with Crippen LogP contribution in [0.5, 0.6) is 11.5 Å². The number of hydrogen-bond acceptors (Lipinski definition) is 4. The van der Waals surface area contributed by atoms with Gasteiger partial charge in [-0.2, -0.15) is 0 Å². The van der Waals surface area contributed by atoms with Crippen LogP contribution in [0.1, 0.15) is 33.9 Å². The van der Waals surface area contributed by atoms with E-state index in [1.807, 2.05) is 11.0 Å². The monoisotopic (exact) mass is 352 g/mol. The molecule has 0 aromatic heterocycles. The SMILES string of the molecule is COc1ccc2c(c1)C(N1CCN(C(=O)c3ccccc3O)CC1)CC2. The zero-order valence-electron chi connectivity index (χ0n) is 15.0. The van der Waals surface area contributed by atoms with E-state index in [1.54, 1.807) is 31.4 Å². The minimum Gasteiger partial charge on any atom is -0.507 e. The minimum absolute atomic E-state index is 0.0525. The van der Waals surface area contributed by atoms with Crippen LogP contribution in [0.3, 0.4) is 0 Å². The molecule has 4 rings (SSSR count). The first kappa shape index (κ1) is 16.9. The van der Waals surface area contributed by atoms with Crippen LogP contribution in [0.25, 0.3) is 0 Å². The van der Waals surface area contributed by atoms with Gasteiger partial charge in [-0.05, 0) is 48.2 Å². The smallest absolute Gasteiger partial charge is 0.257 e. The van der Waals surface area contributed by atoms with Crippen molar-refractivity contribution < 1.29 is 14.6 Å². The van der Waals surface area contributed by atoms with Crippen LogP contribution in [0, 0.1) is 0 Å². The topological polar surface area (TPSA) is 53.0 Å². The van der Waals surface area contributed by atoms with Crippen molar-refractivity contribution in [1.29, 1.82) is 0 Å². The molecular formula is C21H24N2O3. The Hall–Kier alpha value is -2.53. The highest BCUT2D eigenvalue weighted by Crippen LogP contribution is 2.38. The molecule has 0 radical (unpaired) electrons. The van der Waals surface area contributed by atoms with Crippen molar-refractivity contribution in [3.05, 3.63) is 59.2 Å². The van der Waals surface area contributed by atoms with Gasteiger partial charge in [0, 0.05) is 32.2 Å². The van der Waals surface area contributed by atoms with Gasteiger partial charge in [-0.15, -0.1) is 0 Å². The third-order valence-corrected chi connectivity index (χ3v) is 5.58. The second-order valence-corrected chi connectivity index (χ2v) is 6.96. The number of carbonyl (C=O) groups is 1. The Kier molecular flexibility index (Phi) is 4.55. The second kappa shape index (κ2) is 7.00. The zero-order chi connectivity index (χ0) is 18.1. The van der Waals surface area contributed by atoms with E-state index in [4.69, 9.17) is 4.74 Å². The molecule has 1 aliphatic carbocycles. The van der Waals surface area contributed by atoms with E-state index in [0.29, 0.717) is 24.7 Å². The molecule has 2 aromatic rings. The van der Waals surface area contributed by atoms with Gasteiger partial charge in [-0.25, -0.2) is 0 Å². The van der Waals surface area contributed by atoms with E-state index in [1.165, 1.54) is 11.1 Å². The number of aryl methyl sites for hydroxylation is 1. The molecule has 1 N–H and O–H groups in total. The number of methoxy groups -OCH3 is 1. The number of para-hydroxylation sites is 1. The van der Waals surface area contributed by atoms with Crippen LogP contribution < -0.4 is 4.74 Å². The van der Waals surface area contributed by atoms with Gasteiger partial charge in [0.2, 0.25) is 0 Å². The van der Waals surface area contributed by atoms with E-state index >= 15 is 0 Å². The lowest BCUT2D eigenvalue weighted by Crippen LogP contribution is -2.49. The predicted molar refractivity (Wildman–Crippen MR) is 99.6 cm³/mol. The molecular weight excluding hydrogens is 328 g/mol. The number of aromatic hydroxyl groups is 1. The molecule has 2 aromatic carbocycles. The molecule has 1 atom stereocenters. The van der Waals surface area contributed by atoms with Crippen molar-refractivity contribution in [2.75, 3.05) is 33.3 Å². The lowest BCUT2D eigenvalue weighted by molar-refractivity contribution is 0.0565.